The molecule has 3 aliphatic rings. The second-order valence-electron chi connectivity index (χ2n) is 6.45. The molecular formula is C17H24N2O. The fraction of sp³-hybridized carbons (Fsp3) is 0.647. The van der Waals surface area contributed by atoms with E-state index in [0.717, 1.165) is 19.7 Å². The van der Waals surface area contributed by atoms with Gasteiger partial charge in [0, 0.05) is 31.7 Å². The summed E-state index contributed by atoms with van der Waals surface area (Å²) < 4.78 is 5.92. The van der Waals surface area contributed by atoms with E-state index in [0.29, 0.717) is 18.2 Å². The molecule has 3 atom stereocenters. The first-order chi connectivity index (χ1) is 9.90. The summed E-state index contributed by atoms with van der Waals surface area (Å²) in [5, 5.41) is 3.72. The molecule has 3 nitrogen and oxygen atoms in total. The summed E-state index contributed by atoms with van der Waals surface area (Å²) in [6.07, 6.45) is 5.62. The number of rotatable bonds is 2. The Balaban J connectivity index is 1.42. The maximum Gasteiger partial charge on any atom is 0.0730 e. The van der Waals surface area contributed by atoms with Gasteiger partial charge in [-0.2, -0.15) is 0 Å². The summed E-state index contributed by atoms with van der Waals surface area (Å²) in [7, 11) is 0. The Kier molecular flexibility index (Phi) is 3.51. The van der Waals surface area contributed by atoms with Crippen LogP contribution >= 0.6 is 0 Å². The van der Waals surface area contributed by atoms with Gasteiger partial charge in [-0.25, -0.2) is 0 Å². The molecule has 1 saturated carbocycles. The van der Waals surface area contributed by atoms with E-state index in [2.05, 4.69) is 34.5 Å². The minimum absolute atomic E-state index is 0.514. The van der Waals surface area contributed by atoms with Crippen LogP contribution in [0.5, 0.6) is 0 Å². The quantitative estimate of drug-likeness (QED) is 0.890. The van der Waals surface area contributed by atoms with Gasteiger partial charge in [0.1, 0.15) is 0 Å². The molecule has 0 amide bonds. The fourth-order valence-corrected chi connectivity index (χ4v) is 4.17. The van der Waals surface area contributed by atoms with Crippen molar-refractivity contribution in [2.45, 2.75) is 50.4 Å². The molecule has 3 unspecified atom stereocenters. The van der Waals surface area contributed by atoms with Crippen LogP contribution in [-0.2, 0) is 17.7 Å². The average molecular weight is 272 g/mol. The fourth-order valence-electron chi connectivity index (χ4n) is 4.17. The largest absolute Gasteiger partial charge is 0.375 e. The zero-order valence-corrected chi connectivity index (χ0v) is 12.1. The second kappa shape index (κ2) is 5.47. The average Bonchev–Trinajstić information content (AvgIpc) is 2.97. The Morgan fingerprint density at radius 3 is 3.05 bits per heavy atom. The monoisotopic (exact) mass is 272 g/mol. The second-order valence-corrected chi connectivity index (χ2v) is 6.45. The summed E-state index contributed by atoms with van der Waals surface area (Å²) >= 11 is 0. The SMILES string of the molecule is c1ccc2c(c1)CNC(CN1CCOC3CCCC31)C2. The molecule has 1 aromatic rings. The molecule has 2 heterocycles. The molecule has 2 fully saturated rings. The highest BCUT2D eigenvalue weighted by molar-refractivity contribution is 5.30. The van der Waals surface area contributed by atoms with Crippen LogP contribution in [0.25, 0.3) is 0 Å². The van der Waals surface area contributed by atoms with E-state index in [4.69, 9.17) is 4.74 Å². The Bertz CT molecular complexity index is 476. The van der Waals surface area contributed by atoms with Gasteiger partial charge in [0.2, 0.25) is 0 Å². The van der Waals surface area contributed by atoms with Gasteiger partial charge in [-0.15, -0.1) is 0 Å². The molecule has 4 rings (SSSR count). The van der Waals surface area contributed by atoms with Crippen LogP contribution in [0.2, 0.25) is 0 Å². The zero-order chi connectivity index (χ0) is 13.4. The van der Waals surface area contributed by atoms with Gasteiger partial charge in [-0.05, 0) is 36.8 Å². The van der Waals surface area contributed by atoms with Crippen molar-refractivity contribution in [2.24, 2.45) is 0 Å². The minimum atomic E-state index is 0.514. The van der Waals surface area contributed by atoms with E-state index in [9.17, 15) is 0 Å². The number of fused-ring (bicyclic) bond motifs is 2. The van der Waals surface area contributed by atoms with Crippen molar-refractivity contribution in [3.63, 3.8) is 0 Å². The number of benzene rings is 1. The summed E-state index contributed by atoms with van der Waals surface area (Å²) in [5.41, 5.74) is 3.01. The smallest absolute Gasteiger partial charge is 0.0730 e. The Morgan fingerprint density at radius 1 is 1.20 bits per heavy atom. The number of nitrogens with one attached hydrogen (secondary N) is 1. The zero-order valence-electron chi connectivity index (χ0n) is 12.1. The van der Waals surface area contributed by atoms with Crippen LogP contribution in [0, 0.1) is 0 Å². The number of hydrogen-bond acceptors (Lipinski definition) is 3. The first-order valence-corrected chi connectivity index (χ1v) is 8.06. The van der Waals surface area contributed by atoms with Gasteiger partial charge in [0.15, 0.2) is 0 Å². The molecule has 20 heavy (non-hydrogen) atoms. The number of hydrogen-bond donors (Lipinski definition) is 1. The lowest BCUT2D eigenvalue weighted by Gasteiger charge is -2.40. The molecule has 2 aliphatic heterocycles. The third-order valence-corrected chi connectivity index (χ3v) is 5.22. The third-order valence-electron chi connectivity index (χ3n) is 5.22. The molecule has 0 spiro atoms. The van der Waals surface area contributed by atoms with Crippen LogP contribution < -0.4 is 5.32 Å². The van der Waals surface area contributed by atoms with Crippen LogP contribution in [-0.4, -0.2) is 42.8 Å². The van der Waals surface area contributed by atoms with Crippen molar-refractivity contribution in [1.82, 2.24) is 10.2 Å². The molecule has 0 aromatic heterocycles. The van der Waals surface area contributed by atoms with E-state index >= 15 is 0 Å². The van der Waals surface area contributed by atoms with Crippen LogP contribution in [0.1, 0.15) is 30.4 Å². The number of nitrogens with zero attached hydrogens (tertiary/aromatic N) is 1. The molecule has 0 bridgehead atoms. The lowest BCUT2D eigenvalue weighted by molar-refractivity contribution is -0.0583. The minimum Gasteiger partial charge on any atom is -0.375 e. The summed E-state index contributed by atoms with van der Waals surface area (Å²) in [6, 6.07) is 10.1. The maximum atomic E-state index is 5.92. The van der Waals surface area contributed by atoms with Crippen LogP contribution in [0.4, 0.5) is 0 Å². The summed E-state index contributed by atoms with van der Waals surface area (Å²) in [4.78, 5) is 2.69. The van der Waals surface area contributed by atoms with E-state index in [1.165, 1.54) is 43.4 Å². The van der Waals surface area contributed by atoms with E-state index in [1.807, 2.05) is 0 Å². The Labute approximate surface area is 121 Å². The normalized spacial score (nSPS) is 33.7. The van der Waals surface area contributed by atoms with Crippen molar-refractivity contribution < 1.29 is 4.74 Å². The molecule has 1 aromatic carbocycles. The molecule has 1 N–H and O–H groups in total. The van der Waals surface area contributed by atoms with Crippen molar-refractivity contribution in [2.75, 3.05) is 19.7 Å². The highest BCUT2D eigenvalue weighted by Crippen LogP contribution is 2.30. The van der Waals surface area contributed by atoms with Crippen LogP contribution in [0.3, 0.4) is 0 Å². The highest BCUT2D eigenvalue weighted by Gasteiger charge is 2.36. The molecule has 3 heteroatoms. The van der Waals surface area contributed by atoms with E-state index in [1.54, 1.807) is 0 Å². The number of ether oxygens (including phenoxy) is 1. The van der Waals surface area contributed by atoms with Gasteiger partial charge in [-0.1, -0.05) is 24.3 Å². The van der Waals surface area contributed by atoms with Gasteiger partial charge < -0.3 is 10.1 Å². The van der Waals surface area contributed by atoms with Crippen molar-refractivity contribution >= 4 is 0 Å². The Morgan fingerprint density at radius 2 is 2.10 bits per heavy atom. The molecule has 1 aliphatic carbocycles. The van der Waals surface area contributed by atoms with Crippen molar-refractivity contribution in [3.8, 4) is 0 Å². The Hall–Kier alpha value is -0.900. The van der Waals surface area contributed by atoms with E-state index in [-0.39, 0.29) is 0 Å². The highest BCUT2D eigenvalue weighted by atomic mass is 16.5. The third kappa shape index (κ3) is 2.39. The standard InChI is InChI=1S/C17H24N2O/c1-2-5-14-11-18-15(10-13(14)4-1)12-19-8-9-20-17-7-3-6-16(17)19/h1-2,4-5,15-18H,3,6-12H2. The maximum absolute atomic E-state index is 5.92. The topological polar surface area (TPSA) is 24.5 Å². The molecule has 0 radical (unpaired) electrons. The summed E-state index contributed by atoms with van der Waals surface area (Å²) in [6.45, 7) is 4.24. The van der Waals surface area contributed by atoms with Crippen molar-refractivity contribution in [3.05, 3.63) is 35.4 Å². The first-order valence-electron chi connectivity index (χ1n) is 8.06. The van der Waals surface area contributed by atoms with Crippen molar-refractivity contribution in [1.29, 1.82) is 0 Å². The van der Waals surface area contributed by atoms with E-state index < -0.39 is 0 Å². The molecule has 1 saturated heterocycles. The van der Waals surface area contributed by atoms with Gasteiger partial charge in [0.05, 0.1) is 12.7 Å². The predicted molar refractivity (Wildman–Crippen MR) is 79.7 cm³/mol. The lowest BCUT2D eigenvalue weighted by atomic mass is 9.95. The van der Waals surface area contributed by atoms with Gasteiger partial charge >= 0.3 is 0 Å². The molecule has 108 valence electrons. The van der Waals surface area contributed by atoms with Crippen LogP contribution in [0.15, 0.2) is 24.3 Å². The molecular weight excluding hydrogens is 248 g/mol. The van der Waals surface area contributed by atoms with Gasteiger partial charge in [0.25, 0.3) is 0 Å². The summed E-state index contributed by atoms with van der Waals surface area (Å²) in [5.74, 6) is 0. The number of morpholine rings is 1. The predicted octanol–water partition coefficient (Wildman–Crippen LogP) is 1.95. The first kappa shape index (κ1) is 12.8. The lowest BCUT2D eigenvalue weighted by Crippen LogP contribution is -2.54. The van der Waals surface area contributed by atoms with Gasteiger partial charge in [-0.3, -0.25) is 4.90 Å².